The van der Waals surface area contributed by atoms with Gasteiger partial charge < -0.3 is 10.6 Å². The highest BCUT2D eigenvalue weighted by Gasteiger charge is 2.30. The summed E-state index contributed by atoms with van der Waals surface area (Å²) in [5, 5.41) is 7.46. The van der Waals surface area contributed by atoms with E-state index >= 15 is 0 Å². The molecule has 3 aromatic heterocycles. The minimum absolute atomic E-state index is 0.263. The molecule has 3 aromatic rings. The Morgan fingerprint density at radius 3 is 2.77 bits per heavy atom. The van der Waals surface area contributed by atoms with Crippen molar-refractivity contribution in [3.05, 3.63) is 65.0 Å². The van der Waals surface area contributed by atoms with Gasteiger partial charge in [-0.15, -0.1) is 11.3 Å². The monoisotopic (exact) mass is 369 g/mol. The molecule has 0 bridgehead atoms. The highest BCUT2D eigenvalue weighted by atomic mass is 32.1. The van der Waals surface area contributed by atoms with Crippen LogP contribution in [0.25, 0.3) is 5.82 Å². The average molecular weight is 369 g/mol. The van der Waals surface area contributed by atoms with E-state index in [4.69, 9.17) is 0 Å². The van der Waals surface area contributed by atoms with E-state index in [-0.39, 0.29) is 11.8 Å². The van der Waals surface area contributed by atoms with Crippen LogP contribution in [0.5, 0.6) is 0 Å². The van der Waals surface area contributed by atoms with Crippen LogP contribution in [0.3, 0.4) is 0 Å². The summed E-state index contributed by atoms with van der Waals surface area (Å²) in [5.74, 6) is 0.161. The summed E-state index contributed by atoms with van der Waals surface area (Å²) in [6, 6.07) is 7.22. The lowest BCUT2D eigenvalue weighted by Crippen LogP contribution is -2.54. The number of amides is 2. The Kier molecular flexibility index (Phi) is 5.13. The number of carbonyl (C=O) groups excluding carboxylic acids is 2. The Hall–Kier alpha value is -3.00. The van der Waals surface area contributed by atoms with Crippen molar-refractivity contribution in [3.63, 3.8) is 0 Å². The third-order valence-electron chi connectivity index (χ3n) is 3.79. The lowest BCUT2D eigenvalue weighted by molar-refractivity contribution is -0.126. The first kappa shape index (κ1) is 17.8. The van der Waals surface area contributed by atoms with Crippen molar-refractivity contribution in [3.8, 4) is 5.82 Å². The van der Waals surface area contributed by atoms with Crippen molar-refractivity contribution in [2.75, 3.05) is 0 Å². The summed E-state index contributed by atoms with van der Waals surface area (Å²) >= 11 is 1.33. The number of aromatic nitrogens is 3. The number of rotatable bonds is 6. The lowest BCUT2D eigenvalue weighted by Gasteiger charge is -2.25. The Bertz CT molecular complexity index is 888. The van der Waals surface area contributed by atoms with E-state index in [1.807, 2.05) is 17.5 Å². The summed E-state index contributed by atoms with van der Waals surface area (Å²) in [6.45, 7) is 3.64. The van der Waals surface area contributed by atoms with Crippen molar-refractivity contribution in [1.29, 1.82) is 0 Å². The number of nitrogens with one attached hydrogen (secondary N) is 2. The second-order valence-corrected chi connectivity index (χ2v) is 7.14. The van der Waals surface area contributed by atoms with Gasteiger partial charge in [0, 0.05) is 30.7 Å². The second kappa shape index (κ2) is 7.49. The highest BCUT2D eigenvalue weighted by Crippen LogP contribution is 2.13. The summed E-state index contributed by atoms with van der Waals surface area (Å²) in [6.07, 6.45) is 6.80. The minimum atomic E-state index is -1.04. The Morgan fingerprint density at radius 2 is 2.08 bits per heavy atom. The molecular weight excluding hydrogens is 350 g/mol. The van der Waals surface area contributed by atoms with Crippen molar-refractivity contribution in [1.82, 2.24) is 25.2 Å². The second-order valence-electron chi connectivity index (χ2n) is 6.20. The first-order valence-electron chi connectivity index (χ1n) is 8.04. The maximum Gasteiger partial charge on any atom is 0.262 e. The number of nitrogens with zero attached hydrogens (tertiary/aromatic N) is 3. The molecule has 0 aliphatic rings. The molecular formula is C18H19N5O2S. The summed E-state index contributed by atoms with van der Waals surface area (Å²) in [4.78, 5) is 33.7. The maximum atomic E-state index is 12.6. The van der Waals surface area contributed by atoms with E-state index in [1.54, 1.807) is 55.5 Å². The molecule has 3 rings (SSSR count). The van der Waals surface area contributed by atoms with Gasteiger partial charge in [-0.25, -0.2) is 9.97 Å². The Morgan fingerprint density at radius 1 is 1.23 bits per heavy atom. The third-order valence-corrected chi connectivity index (χ3v) is 4.66. The molecule has 0 saturated heterocycles. The van der Waals surface area contributed by atoms with Gasteiger partial charge in [-0.1, -0.05) is 12.1 Å². The van der Waals surface area contributed by atoms with E-state index in [0.29, 0.717) is 17.2 Å². The zero-order valence-corrected chi connectivity index (χ0v) is 15.3. The van der Waals surface area contributed by atoms with Gasteiger partial charge in [0.2, 0.25) is 5.91 Å². The first-order valence-corrected chi connectivity index (χ1v) is 8.92. The van der Waals surface area contributed by atoms with Crippen LogP contribution in [-0.2, 0) is 11.3 Å². The molecule has 0 spiro atoms. The Balaban J connectivity index is 1.66. The molecule has 0 aromatic carbocycles. The molecule has 7 nitrogen and oxygen atoms in total. The number of carbonyl (C=O) groups is 2. The summed E-state index contributed by atoms with van der Waals surface area (Å²) in [7, 11) is 0. The fraction of sp³-hybridized carbons (Fsp3) is 0.222. The number of thiophene rings is 1. The highest BCUT2D eigenvalue weighted by molar-refractivity contribution is 7.12. The van der Waals surface area contributed by atoms with Crippen LogP contribution in [0.2, 0.25) is 0 Å². The fourth-order valence-electron chi connectivity index (χ4n) is 2.39. The number of hydrogen-bond donors (Lipinski definition) is 2. The SMILES string of the molecule is CC(C)(NC(=O)c1cccs1)C(=O)NCc1cccnc1-n1ccnc1. The molecule has 0 aliphatic carbocycles. The van der Waals surface area contributed by atoms with Gasteiger partial charge >= 0.3 is 0 Å². The molecule has 2 amide bonds. The van der Waals surface area contributed by atoms with Crippen LogP contribution in [0, 0.1) is 0 Å². The molecule has 0 saturated carbocycles. The maximum absolute atomic E-state index is 12.6. The van der Waals surface area contributed by atoms with E-state index in [9.17, 15) is 9.59 Å². The quantitative estimate of drug-likeness (QED) is 0.697. The van der Waals surface area contributed by atoms with Crippen LogP contribution >= 0.6 is 11.3 Å². The van der Waals surface area contributed by atoms with Crippen LogP contribution in [0.15, 0.2) is 54.6 Å². The molecule has 134 valence electrons. The Labute approximate surface area is 155 Å². The van der Waals surface area contributed by atoms with Gasteiger partial charge in [0.25, 0.3) is 5.91 Å². The smallest absolute Gasteiger partial charge is 0.262 e. The lowest BCUT2D eigenvalue weighted by atomic mass is 10.0. The fourth-order valence-corrected chi connectivity index (χ4v) is 3.01. The first-order chi connectivity index (χ1) is 12.5. The van der Waals surface area contributed by atoms with Gasteiger partial charge in [-0.3, -0.25) is 14.2 Å². The minimum Gasteiger partial charge on any atom is -0.350 e. The van der Waals surface area contributed by atoms with Gasteiger partial charge in [0.05, 0.1) is 4.88 Å². The van der Waals surface area contributed by atoms with E-state index < -0.39 is 5.54 Å². The van der Waals surface area contributed by atoms with E-state index in [1.165, 1.54) is 11.3 Å². The number of pyridine rings is 1. The van der Waals surface area contributed by atoms with Crippen molar-refractivity contribution in [2.45, 2.75) is 25.9 Å². The summed E-state index contributed by atoms with van der Waals surface area (Å²) < 4.78 is 1.78. The van der Waals surface area contributed by atoms with E-state index in [0.717, 1.165) is 5.56 Å². The number of imidazole rings is 1. The molecule has 0 unspecified atom stereocenters. The predicted octanol–water partition coefficient (Wildman–Crippen LogP) is 2.15. The molecule has 0 fully saturated rings. The number of hydrogen-bond acceptors (Lipinski definition) is 5. The predicted molar refractivity (Wildman–Crippen MR) is 99.1 cm³/mol. The molecule has 0 radical (unpaired) electrons. The molecule has 2 N–H and O–H groups in total. The van der Waals surface area contributed by atoms with Gasteiger partial charge in [0.15, 0.2) is 0 Å². The van der Waals surface area contributed by atoms with Crippen LogP contribution in [-0.4, -0.2) is 31.9 Å². The van der Waals surface area contributed by atoms with E-state index in [2.05, 4.69) is 20.6 Å². The van der Waals surface area contributed by atoms with Gasteiger partial charge in [-0.2, -0.15) is 0 Å². The topological polar surface area (TPSA) is 88.9 Å². The zero-order valence-electron chi connectivity index (χ0n) is 14.5. The molecule has 0 atom stereocenters. The van der Waals surface area contributed by atoms with Crippen molar-refractivity contribution >= 4 is 23.2 Å². The van der Waals surface area contributed by atoms with Crippen molar-refractivity contribution < 1.29 is 9.59 Å². The summed E-state index contributed by atoms with van der Waals surface area (Å²) in [5.41, 5.74) is -0.197. The largest absolute Gasteiger partial charge is 0.350 e. The van der Waals surface area contributed by atoms with Gasteiger partial charge in [-0.05, 0) is 31.4 Å². The normalized spacial score (nSPS) is 11.2. The van der Waals surface area contributed by atoms with Crippen LogP contribution in [0.4, 0.5) is 0 Å². The van der Waals surface area contributed by atoms with Crippen LogP contribution in [0.1, 0.15) is 29.1 Å². The average Bonchev–Trinajstić information content (AvgIpc) is 3.32. The van der Waals surface area contributed by atoms with Crippen LogP contribution < -0.4 is 10.6 Å². The standard InChI is InChI=1S/C18H19N5O2S/c1-18(2,22-16(24)14-6-4-10-26-14)17(25)21-11-13-5-3-7-20-15(13)23-9-8-19-12-23/h3-10,12H,11H2,1-2H3,(H,21,25)(H,22,24). The molecule has 3 heterocycles. The zero-order chi connectivity index (χ0) is 18.6. The molecule has 0 aliphatic heterocycles. The van der Waals surface area contributed by atoms with Gasteiger partial charge in [0.1, 0.15) is 17.7 Å². The molecule has 26 heavy (non-hydrogen) atoms. The molecule has 8 heteroatoms. The third kappa shape index (κ3) is 3.97. The van der Waals surface area contributed by atoms with Crippen molar-refractivity contribution in [2.24, 2.45) is 0 Å².